The fourth-order valence-corrected chi connectivity index (χ4v) is 11.0. The molecule has 5 rings (SSSR count). The lowest BCUT2D eigenvalue weighted by Crippen LogP contribution is -2.59. The van der Waals surface area contributed by atoms with Crippen LogP contribution in [0.3, 0.4) is 0 Å². The van der Waals surface area contributed by atoms with Crippen molar-refractivity contribution in [2.45, 2.75) is 210 Å². The van der Waals surface area contributed by atoms with Gasteiger partial charge >= 0.3 is 5.97 Å². The summed E-state index contributed by atoms with van der Waals surface area (Å²) in [6.07, 6.45) is -8.00. The van der Waals surface area contributed by atoms with Gasteiger partial charge in [0.15, 0.2) is 12.6 Å². The Morgan fingerprint density at radius 2 is 1.66 bits per heavy atom. The van der Waals surface area contributed by atoms with Crippen LogP contribution in [0, 0.1) is 11.8 Å². The molecule has 19 atom stereocenters. The second-order valence-corrected chi connectivity index (χ2v) is 22.0. The molecule has 4 heterocycles. The molecule has 422 valence electrons. The first-order chi connectivity index (χ1) is 34.7. The predicted octanol–water partition coefficient (Wildman–Crippen LogP) is 4.13. The summed E-state index contributed by atoms with van der Waals surface area (Å²) in [4.78, 5) is 23.2. The van der Waals surface area contributed by atoms with Crippen LogP contribution < -0.4 is 0 Å². The number of nitrogens with zero attached hydrogens (tertiary/aromatic N) is 6. The van der Waals surface area contributed by atoms with E-state index in [1.807, 2.05) is 68.9 Å². The number of benzene rings is 1. The maximum absolute atomic E-state index is 14.8. The zero-order valence-corrected chi connectivity index (χ0v) is 46.5. The minimum Gasteiger partial charge on any atom is -0.459 e. The lowest BCUT2D eigenvalue weighted by molar-refractivity contribution is -0.308. The third kappa shape index (κ3) is 14.6. The zero-order chi connectivity index (χ0) is 55.0. The first-order valence-corrected chi connectivity index (χ1v) is 26.2. The van der Waals surface area contributed by atoms with Crippen molar-refractivity contribution in [3.63, 3.8) is 0 Å². The average Bonchev–Trinajstić information content (AvgIpc) is 3.83. The summed E-state index contributed by atoms with van der Waals surface area (Å²) in [5, 5.41) is 72.1. The number of alkyl halides is 1. The van der Waals surface area contributed by atoms with Gasteiger partial charge in [0.25, 0.3) is 0 Å². The number of methoxy groups -OCH3 is 2. The van der Waals surface area contributed by atoms with Gasteiger partial charge in [-0.15, -0.1) is 5.10 Å². The Labute approximate surface area is 437 Å². The number of aromatic nitrogens is 3. The third-order valence-electron chi connectivity index (χ3n) is 16.0. The van der Waals surface area contributed by atoms with Crippen molar-refractivity contribution in [3.05, 3.63) is 47.3 Å². The maximum Gasteiger partial charge on any atom is 0.311 e. The number of ether oxygens (including phenoxy) is 7. The van der Waals surface area contributed by atoms with E-state index in [1.165, 1.54) is 32.9 Å². The Morgan fingerprint density at radius 3 is 2.27 bits per heavy atom. The minimum atomic E-state index is -1.85. The fraction of sp³-hybridized carbons (Fsp3) is 0.811. The highest BCUT2D eigenvalue weighted by Crippen LogP contribution is 2.39. The van der Waals surface area contributed by atoms with Crippen LogP contribution in [0.1, 0.15) is 130 Å². The Bertz CT molecular complexity index is 2080. The van der Waals surface area contributed by atoms with Crippen molar-refractivity contribution in [2.75, 3.05) is 55.2 Å². The van der Waals surface area contributed by atoms with Crippen molar-refractivity contribution < 1.29 is 72.7 Å². The van der Waals surface area contributed by atoms with Gasteiger partial charge in [-0.25, -0.2) is 9.07 Å². The summed E-state index contributed by atoms with van der Waals surface area (Å²) in [6.45, 7) is 17.5. The number of rotatable bonds is 17. The van der Waals surface area contributed by atoms with Crippen LogP contribution >= 0.6 is 0 Å². The van der Waals surface area contributed by atoms with Crippen LogP contribution in [0.2, 0.25) is 0 Å². The normalized spacial score (nSPS) is 38.5. The Hall–Kier alpha value is -3.29. The zero-order valence-electron chi connectivity index (χ0n) is 46.5. The van der Waals surface area contributed by atoms with Crippen molar-refractivity contribution in [2.24, 2.45) is 17.0 Å². The number of hydrogen-bond acceptors (Lipinski definition) is 19. The van der Waals surface area contributed by atoms with E-state index in [9.17, 15) is 34.7 Å². The number of carbonyl (C=O) groups excluding carboxylic acids is 1. The summed E-state index contributed by atoms with van der Waals surface area (Å²) in [6, 6.07) is 5.58. The van der Waals surface area contributed by atoms with Crippen molar-refractivity contribution in [1.82, 2.24) is 24.8 Å². The van der Waals surface area contributed by atoms with Crippen LogP contribution in [0.4, 0.5) is 4.39 Å². The van der Waals surface area contributed by atoms with E-state index in [0.717, 1.165) is 11.1 Å². The lowest BCUT2D eigenvalue weighted by atomic mass is 9.83. The molecule has 0 radical (unpaired) electrons. The van der Waals surface area contributed by atoms with Crippen LogP contribution in [0.5, 0.6) is 0 Å². The van der Waals surface area contributed by atoms with Gasteiger partial charge in [0.05, 0.1) is 52.9 Å². The van der Waals surface area contributed by atoms with E-state index in [4.69, 9.17) is 38.0 Å². The Balaban J connectivity index is 1.41. The van der Waals surface area contributed by atoms with Gasteiger partial charge in [-0.3, -0.25) is 4.79 Å². The molecular weight excluding hydrogens is 964 g/mol. The second-order valence-electron chi connectivity index (χ2n) is 22.0. The van der Waals surface area contributed by atoms with Crippen LogP contribution in [0.15, 0.2) is 35.6 Å². The minimum absolute atomic E-state index is 0.0892. The summed E-state index contributed by atoms with van der Waals surface area (Å²) in [5.74, 6) is -2.00. The standard InChI is InChI=1S/C53H89FN6O14/c1-16-42-53(10,66)47(62)34(6)59(12)28-30(2)25-51(8,65)43(24-41(32(4)49(64)73-42)72-44-26-52(9,68-14)48(63)35(7)71-44)74-50-45(61)39(23-31(3)70-50)58(11)22-21-38-29-60(57-55-38)40(27-54)46(67-13)37-19-17-36(18-20-37)33(5)56-69-15/h17-20,29-32,34-35,39-48,50,61-63,65-66H,16,21-28H2,1-15H3/b56-33+/t30-,31-,32-,34-,35+,39+,40-,41+,42-,43-,44+,45-,46-,47-,48+,50+,51-,52-,53-/m1/s1. The quantitative estimate of drug-likeness (QED) is 0.0850. The summed E-state index contributed by atoms with van der Waals surface area (Å²) >= 11 is 0. The van der Waals surface area contributed by atoms with Crippen molar-refractivity contribution in [1.29, 1.82) is 0 Å². The molecule has 1 aromatic carbocycles. The molecule has 0 aliphatic carbocycles. The van der Waals surface area contributed by atoms with Gasteiger partial charge < -0.3 is 73.3 Å². The number of halogens is 1. The summed E-state index contributed by atoms with van der Waals surface area (Å²) < 4.78 is 60.0. The number of cyclic esters (lactones) is 1. The SMILES string of the molecule is CC[C@H]1OC(=O)[C@H](C)[C@@H](O[C@H]2C[C@@](C)(OC)[C@@H](O)[C@H](C)O2)C[C@@H](O[C@@H]2O[C@H](C)C[C@H](N(C)CCc3cn([C@H](CF)[C@H](OC)c4ccc(/C(C)=N/OC)cc4)nn3)[C@H]2O)[C@](C)(O)C[C@@H](C)CN(C)[C@H](C)[C@@H](O)[C@]1(C)O. The number of aliphatic hydroxyl groups is 5. The summed E-state index contributed by atoms with van der Waals surface area (Å²) in [5.41, 5.74) is -1.66. The molecule has 20 nitrogen and oxygen atoms in total. The molecular formula is C53H89FN6O14. The number of likely N-dealkylation sites (N-methyl/N-ethyl adjacent to an activating group) is 2. The molecule has 3 saturated heterocycles. The van der Waals surface area contributed by atoms with E-state index in [0.29, 0.717) is 37.3 Å². The second kappa shape index (κ2) is 26.4. The Morgan fingerprint density at radius 1 is 0.986 bits per heavy atom. The third-order valence-corrected chi connectivity index (χ3v) is 16.0. The van der Waals surface area contributed by atoms with Crippen molar-refractivity contribution >= 4 is 11.7 Å². The van der Waals surface area contributed by atoms with Gasteiger partial charge in [0.2, 0.25) is 0 Å². The molecule has 0 amide bonds. The van der Waals surface area contributed by atoms with Gasteiger partial charge in [-0.2, -0.15) is 0 Å². The van der Waals surface area contributed by atoms with Crippen LogP contribution in [-0.2, 0) is 49.2 Å². The first kappa shape index (κ1) is 61.6. The first-order valence-electron chi connectivity index (χ1n) is 26.2. The van der Waals surface area contributed by atoms with Crippen LogP contribution in [0.25, 0.3) is 0 Å². The topological polar surface area (TPSA) is 242 Å². The molecule has 0 spiro atoms. The van der Waals surface area contributed by atoms with E-state index in [2.05, 4.69) is 15.5 Å². The number of esters is 1. The molecule has 74 heavy (non-hydrogen) atoms. The molecule has 21 heteroatoms. The van der Waals surface area contributed by atoms with E-state index < -0.39 is 121 Å². The van der Waals surface area contributed by atoms with Gasteiger partial charge in [0.1, 0.15) is 55.9 Å². The van der Waals surface area contributed by atoms with Gasteiger partial charge in [-0.1, -0.05) is 48.5 Å². The van der Waals surface area contributed by atoms with E-state index >= 15 is 0 Å². The largest absolute Gasteiger partial charge is 0.459 e. The molecule has 0 bridgehead atoms. The van der Waals surface area contributed by atoms with E-state index in [1.54, 1.807) is 47.7 Å². The number of carbonyl (C=O) groups is 1. The van der Waals surface area contributed by atoms with Gasteiger partial charge in [0, 0.05) is 64.9 Å². The molecule has 0 unspecified atom stereocenters. The highest BCUT2D eigenvalue weighted by molar-refractivity contribution is 5.98. The summed E-state index contributed by atoms with van der Waals surface area (Å²) in [7, 11) is 8.20. The fourth-order valence-electron chi connectivity index (χ4n) is 11.0. The Kier molecular flexibility index (Phi) is 21.9. The maximum atomic E-state index is 14.8. The molecule has 3 aliphatic heterocycles. The monoisotopic (exact) mass is 1050 g/mol. The lowest BCUT2D eigenvalue weighted by Gasteiger charge is -2.47. The molecule has 1 aromatic heterocycles. The highest BCUT2D eigenvalue weighted by atomic mass is 19.1. The smallest absolute Gasteiger partial charge is 0.311 e. The predicted molar refractivity (Wildman–Crippen MR) is 273 cm³/mol. The number of aliphatic hydroxyl groups excluding tert-OH is 3. The number of oxime groups is 1. The number of hydrogen-bond donors (Lipinski definition) is 5. The molecule has 3 fully saturated rings. The van der Waals surface area contributed by atoms with Crippen LogP contribution in [-0.4, -0.2) is 207 Å². The molecule has 5 N–H and O–H groups in total. The van der Waals surface area contributed by atoms with Crippen molar-refractivity contribution in [3.8, 4) is 0 Å². The molecule has 3 aliphatic rings. The molecule has 2 aromatic rings. The highest BCUT2D eigenvalue weighted by Gasteiger charge is 2.51. The van der Waals surface area contributed by atoms with Gasteiger partial charge in [-0.05, 0) is 106 Å². The average molecular weight is 1050 g/mol. The van der Waals surface area contributed by atoms with E-state index in [-0.39, 0.29) is 31.6 Å². The molecule has 0 saturated carbocycles.